The van der Waals surface area contributed by atoms with E-state index in [0.29, 0.717) is 54.5 Å². The molecule has 0 aromatic carbocycles. The number of hydrogen-bond donors (Lipinski definition) is 1. The van der Waals surface area contributed by atoms with Gasteiger partial charge in [0.25, 0.3) is 5.56 Å². The maximum atomic E-state index is 13.1. The molecule has 4 heterocycles. The second-order valence-electron chi connectivity index (χ2n) is 7.77. The number of ether oxygens (including phenoxy) is 1. The maximum absolute atomic E-state index is 13.1. The fraction of sp³-hybridized carbons (Fsp3) is 0.455. The molecule has 1 aliphatic heterocycles. The summed E-state index contributed by atoms with van der Waals surface area (Å²) in [6, 6.07) is 5.38. The van der Waals surface area contributed by atoms with Crippen molar-refractivity contribution in [2.75, 3.05) is 25.4 Å². The Kier molecular flexibility index (Phi) is 6.69. The third kappa shape index (κ3) is 4.74. The van der Waals surface area contributed by atoms with Crippen LogP contribution in [0, 0.1) is 12.8 Å². The molecule has 0 saturated carbocycles. The Morgan fingerprint density at radius 3 is 2.81 bits per heavy atom. The molecule has 0 bridgehead atoms. The molecular weight excluding hydrogens is 432 g/mol. The van der Waals surface area contributed by atoms with Crippen molar-refractivity contribution >= 4 is 34.7 Å². The van der Waals surface area contributed by atoms with Crippen LogP contribution in [0.3, 0.4) is 0 Å². The highest BCUT2D eigenvalue weighted by atomic mass is 32.2. The van der Waals surface area contributed by atoms with E-state index in [1.165, 1.54) is 16.3 Å². The van der Waals surface area contributed by atoms with Crippen LogP contribution in [0.2, 0.25) is 0 Å². The summed E-state index contributed by atoms with van der Waals surface area (Å²) in [6.45, 7) is 5.30. The number of aryl methyl sites for hydroxylation is 1. The van der Waals surface area contributed by atoms with Crippen LogP contribution in [0.15, 0.2) is 38.8 Å². The number of hydrogen-bond acceptors (Lipinski definition) is 7. The van der Waals surface area contributed by atoms with Crippen molar-refractivity contribution in [3.63, 3.8) is 0 Å². The molecule has 1 N–H and O–H groups in total. The van der Waals surface area contributed by atoms with E-state index in [9.17, 15) is 14.4 Å². The van der Waals surface area contributed by atoms with E-state index < -0.39 is 0 Å². The Labute approximate surface area is 189 Å². The molecule has 4 rings (SSSR count). The molecule has 1 aliphatic rings. The summed E-state index contributed by atoms with van der Waals surface area (Å²) in [4.78, 5) is 47.3. The lowest BCUT2D eigenvalue weighted by atomic mass is 9.97. The Balaban J connectivity index is 1.47. The second kappa shape index (κ2) is 9.64. The van der Waals surface area contributed by atoms with Crippen molar-refractivity contribution in [2.45, 2.75) is 38.4 Å². The number of aromatic amines is 1. The molecular formula is C22H26N4O5S. The molecule has 9 nitrogen and oxygen atoms in total. The molecule has 1 amide bonds. The standard InChI is InChI=1S/C22H26N4O5S/c1-3-30-21(29)15-6-8-25(9-7-15)18(27)13-32-22-24-17-11-14(2)23-19(17)20(28)26(22)12-16-5-4-10-31-16/h4-5,10-11,15,23H,3,6-9,12-13H2,1-2H3. The summed E-state index contributed by atoms with van der Waals surface area (Å²) < 4.78 is 12.0. The maximum Gasteiger partial charge on any atom is 0.309 e. The fourth-order valence-corrected chi connectivity index (χ4v) is 4.76. The van der Waals surface area contributed by atoms with Gasteiger partial charge in [0.05, 0.1) is 36.6 Å². The van der Waals surface area contributed by atoms with E-state index in [-0.39, 0.29) is 35.7 Å². The minimum atomic E-state index is -0.204. The minimum absolute atomic E-state index is 0.0403. The lowest BCUT2D eigenvalue weighted by Gasteiger charge is -2.30. The SMILES string of the molecule is CCOC(=O)C1CCN(C(=O)CSc2nc3cc(C)[nH]c3c(=O)n2Cc2ccco2)CC1. The molecule has 1 fully saturated rings. The van der Waals surface area contributed by atoms with Gasteiger partial charge in [-0.05, 0) is 44.9 Å². The number of rotatable bonds is 7. The van der Waals surface area contributed by atoms with Gasteiger partial charge in [0.1, 0.15) is 11.3 Å². The third-order valence-electron chi connectivity index (χ3n) is 5.52. The van der Waals surface area contributed by atoms with Crippen LogP contribution in [-0.4, -0.2) is 56.8 Å². The molecule has 1 saturated heterocycles. The summed E-state index contributed by atoms with van der Waals surface area (Å²) in [5.41, 5.74) is 1.65. The molecule has 3 aromatic rings. The number of aromatic nitrogens is 3. The van der Waals surface area contributed by atoms with Crippen LogP contribution in [-0.2, 0) is 20.9 Å². The van der Waals surface area contributed by atoms with Crippen molar-refractivity contribution < 1.29 is 18.7 Å². The molecule has 0 aliphatic carbocycles. The number of carbonyl (C=O) groups excluding carboxylic acids is 2. The van der Waals surface area contributed by atoms with Crippen molar-refractivity contribution in [3.05, 3.63) is 46.3 Å². The van der Waals surface area contributed by atoms with E-state index in [4.69, 9.17) is 9.15 Å². The predicted octanol–water partition coefficient (Wildman–Crippen LogP) is 2.57. The van der Waals surface area contributed by atoms with Crippen molar-refractivity contribution in [3.8, 4) is 0 Å². The lowest BCUT2D eigenvalue weighted by molar-refractivity contribution is -0.151. The monoisotopic (exact) mass is 458 g/mol. The summed E-state index contributed by atoms with van der Waals surface area (Å²) in [5, 5.41) is 0.465. The van der Waals surface area contributed by atoms with Crippen molar-refractivity contribution in [1.82, 2.24) is 19.4 Å². The number of amides is 1. The largest absolute Gasteiger partial charge is 0.467 e. The number of nitrogens with zero attached hydrogens (tertiary/aromatic N) is 3. The van der Waals surface area contributed by atoms with Gasteiger partial charge in [-0.3, -0.25) is 19.0 Å². The highest BCUT2D eigenvalue weighted by Gasteiger charge is 2.28. The van der Waals surface area contributed by atoms with Crippen LogP contribution in [0.1, 0.15) is 31.2 Å². The first-order chi connectivity index (χ1) is 15.5. The first-order valence-corrected chi connectivity index (χ1v) is 11.6. The van der Waals surface area contributed by atoms with Crippen molar-refractivity contribution in [1.29, 1.82) is 0 Å². The molecule has 10 heteroatoms. The average molecular weight is 459 g/mol. The third-order valence-corrected chi connectivity index (χ3v) is 6.49. The van der Waals surface area contributed by atoms with Gasteiger partial charge in [-0.25, -0.2) is 4.98 Å². The average Bonchev–Trinajstić information content (AvgIpc) is 3.43. The fourth-order valence-electron chi connectivity index (χ4n) is 3.86. The molecule has 0 radical (unpaired) electrons. The Hall–Kier alpha value is -3.01. The number of H-pyrrole nitrogens is 1. The van der Waals surface area contributed by atoms with Gasteiger partial charge < -0.3 is 19.0 Å². The van der Waals surface area contributed by atoms with E-state index in [2.05, 4.69) is 9.97 Å². The quantitative estimate of drug-likeness (QED) is 0.329. The number of carbonyl (C=O) groups is 2. The Morgan fingerprint density at radius 2 is 2.12 bits per heavy atom. The molecule has 32 heavy (non-hydrogen) atoms. The van der Waals surface area contributed by atoms with Gasteiger partial charge in [0.15, 0.2) is 5.16 Å². The minimum Gasteiger partial charge on any atom is -0.467 e. The van der Waals surface area contributed by atoms with E-state index in [1.54, 1.807) is 30.2 Å². The predicted molar refractivity (Wildman–Crippen MR) is 120 cm³/mol. The number of esters is 1. The van der Waals surface area contributed by atoms with Gasteiger partial charge in [0.2, 0.25) is 5.91 Å². The number of piperidine rings is 1. The zero-order valence-electron chi connectivity index (χ0n) is 18.1. The highest BCUT2D eigenvalue weighted by Crippen LogP contribution is 2.23. The highest BCUT2D eigenvalue weighted by molar-refractivity contribution is 7.99. The smallest absolute Gasteiger partial charge is 0.309 e. The lowest BCUT2D eigenvalue weighted by Crippen LogP contribution is -2.41. The number of likely N-dealkylation sites (tertiary alicyclic amines) is 1. The topological polar surface area (TPSA) is 110 Å². The molecule has 3 aromatic heterocycles. The first kappa shape index (κ1) is 22.2. The number of furan rings is 1. The van der Waals surface area contributed by atoms with Gasteiger partial charge in [0, 0.05) is 18.8 Å². The van der Waals surface area contributed by atoms with Crippen LogP contribution in [0.4, 0.5) is 0 Å². The molecule has 0 spiro atoms. The Morgan fingerprint density at radius 1 is 1.34 bits per heavy atom. The summed E-state index contributed by atoms with van der Waals surface area (Å²) in [5.74, 6) is 0.414. The number of fused-ring (bicyclic) bond motifs is 1. The summed E-state index contributed by atoms with van der Waals surface area (Å²) in [6.07, 6.45) is 2.76. The van der Waals surface area contributed by atoms with E-state index in [0.717, 1.165) is 5.69 Å². The molecule has 0 unspecified atom stereocenters. The van der Waals surface area contributed by atoms with Crippen LogP contribution < -0.4 is 5.56 Å². The first-order valence-electron chi connectivity index (χ1n) is 10.7. The zero-order valence-corrected chi connectivity index (χ0v) is 18.9. The number of thioether (sulfide) groups is 1. The van der Waals surface area contributed by atoms with Crippen LogP contribution in [0.25, 0.3) is 11.0 Å². The summed E-state index contributed by atoms with van der Waals surface area (Å²) in [7, 11) is 0. The van der Waals surface area contributed by atoms with Crippen LogP contribution >= 0.6 is 11.8 Å². The Bertz CT molecular complexity index is 1160. The molecule has 0 atom stereocenters. The van der Waals surface area contributed by atoms with E-state index >= 15 is 0 Å². The van der Waals surface area contributed by atoms with Crippen LogP contribution in [0.5, 0.6) is 0 Å². The van der Waals surface area contributed by atoms with E-state index in [1.807, 2.05) is 13.0 Å². The molecule has 170 valence electrons. The van der Waals surface area contributed by atoms with Gasteiger partial charge in [-0.2, -0.15) is 0 Å². The van der Waals surface area contributed by atoms with Crippen molar-refractivity contribution in [2.24, 2.45) is 5.92 Å². The van der Waals surface area contributed by atoms with Gasteiger partial charge in [-0.1, -0.05) is 11.8 Å². The second-order valence-corrected chi connectivity index (χ2v) is 8.72. The van der Waals surface area contributed by atoms with Gasteiger partial charge >= 0.3 is 5.97 Å². The number of nitrogens with one attached hydrogen (secondary N) is 1. The zero-order chi connectivity index (χ0) is 22.7. The normalized spacial score (nSPS) is 14.8. The summed E-state index contributed by atoms with van der Waals surface area (Å²) >= 11 is 1.24. The van der Waals surface area contributed by atoms with Gasteiger partial charge in [-0.15, -0.1) is 0 Å².